The van der Waals surface area contributed by atoms with Crippen LogP contribution in [0.5, 0.6) is 0 Å². The molecule has 20 heavy (non-hydrogen) atoms. The Kier molecular flexibility index (Phi) is 4.69. The van der Waals surface area contributed by atoms with E-state index >= 15 is 0 Å². The standard InChI is InChI=1S/C17H26O3/c1-12(16(18)20-4)13-7-9-17(2)8-5-6-14(11-19-3)15(17)10-13/h13H,1,5-11H2,2-4H3/t13-,17-/m1/s1. The first-order valence-electron chi connectivity index (χ1n) is 7.49. The summed E-state index contributed by atoms with van der Waals surface area (Å²) in [7, 11) is 3.18. The quantitative estimate of drug-likeness (QED) is 0.447. The Morgan fingerprint density at radius 3 is 2.80 bits per heavy atom. The van der Waals surface area contributed by atoms with Crippen molar-refractivity contribution < 1.29 is 14.3 Å². The molecule has 0 aromatic heterocycles. The Morgan fingerprint density at radius 2 is 2.15 bits per heavy atom. The summed E-state index contributed by atoms with van der Waals surface area (Å²) in [4.78, 5) is 11.7. The van der Waals surface area contributed by atoms with Crippen molar-refractivity contribution in [3.05, 3.63) is 23.3 Å². The number of ether oxygens (including phenoxy) is 2. The molecule has 0 unspecified atom stereocenters. The lowest BCUT2D eigenvalue weighted by Crippen LogP contribution is -2.33. The predicted molar refractivity (Wildman–Crippen MR) is 79.4 cm³/mol. The molecule has 112 valence electrons. The van der Waals surface area contributed by atoms with Crippen molar-refractivity contribution in [1.82, 2.24) is 0 Å². The zero-order valence-corrected chi connectivity index (χ0v) is 13.0. The van der Waals surface area contributed by atoms with Crippen molar-refractivity contribution in [2.45, 2.75) is 45.4 Å². The minimum atomic E-state index is -0.261. The van der Waals surface area contributed by atoms with E-state index in [2.05, 4.69) is 13.5 Å². The molecule has 0 spiro atoms. The first kappa shape index (κ1) is 15.3. The third-order valence-electron chi connectivity index (χ3n) is 5.12. The third-order valence-corrected chi connectivity index (χ3v) is 5.12. The summed E-state index contributed by atoms with van der Waals surface area (Å²) in [5.74, 6) is -0.0289. The highest BCUT2D eigenvalue weighted by Crippen LogP contribution is 2.52. The monoisotopic (exact) mass is 278 g/mol. The number of carbonyl (C=O) groups is 1. The van der Waals surface area contributed by atoms with Crippen LogP contribution in [0.4, 0.5) is 0 Å². The van der Waals surface area contributed by atoms with Crippen molar-refractivity contribution in [3.8, 4) is 0 Å². The Morgan fingerprint density at radius 1 is 1.40 bits per heavy atom. The number of hydrogen-bond acceptors (Lipinski definition) is 3. The Balaban J connectivity index is 2.22. The van der Waals surface area contributed by atoms with Gasteiger partial charge < -0.3 is 9.47 Å². The normalized spacial score (nSPS) is 29.9. The van der Waals surface area contributed by atoms with Gasteiger partial charge in [0.25, 0.3) is 0 Å². The van der Waals surface area contributed by atoms with Gasteiger partial charge in [-0.3, -0.25) is 0 Å². The lowest BCUT2D eigenvalue weighted by molar-refractivity contribution is -0.136. The van der Waals surface area contributed by atoms with E-state index in [0.29, 0.717) is 11.0 Å². The smallest absolute Gasteiger partial charge is 0.333 e. The van der Waals surface area contributed by atoms with Crippen LogP contribution >= 0.6 is 0 Å². The molecule has 0 saturated heterocycles. The summed E-state index contributed by atoms with van der Waals surface area (Å²) < 4.78 is 10.2. The molecule has 0 bridgehead atoms. The maximum absolute atomic E-state index is 11.7. The van der Waals surface area contributed by atoms with E-state index in [4.69, 9.17) is 9.47 Å². The van der Waals surface area contributed by atoms with Gasteiger partial charge in [0.05, 0.1) is 13.7 Å². The molecule has 0 aromatic rings. The average molecular weight is 278 g/mol. The third kappa shape index (κ3) is 2.83. The highest BCUT2D eigenvalue weighted by atomic mass is 16.5. The predicted octanol–water partition coefficient (Wildman–Crippen LogP) is 3.65. The Labute approximate surface area is 122 Å². The van der Waals surface area contributed by atoms with Crippen LogP contribution in [0.1, 0.15) is 45.4 Å². The highest BCUT2D eigenvalue weighted by molar-refractivity contribution is 5.88. The number of hydrogen-bond donors (Lipinski definition) is 0. The molecule has 1 saturated carbocycles. The molecule has 0 radical (unpaired) electrons. The second-order valence-electron chi connectivity index (χ2n) is 6.39. The Hall–Kier alpha value is -1.09. The van der Waals surface area contributed by atoms with Crippen molar-refractivity contribution in [3.63, 3.8) is 0 Å². The van der Waals surface area contributed by atoms with Gasteiger partial charge in [-0.15, -0.1) is 0 Å². The summed E-state index contributed by atoms with van der Waals surface area (Å²) >= 11 is 0. The van der Waals surface area contributed by atoms with Gasteiger partial charge in [0, 0.05) is 12.7 Å². The minimum absolute atomic E-state index is 0.232. The Bertz CT molecular complexity index is 436. The summed E-state index contributed by atoms with van der Waals surface area (Å²) in [5.41, 5.74) is 3.90. The van der Waals surface area contributed by atoms with Gasteiger partial charge in [0.1, 0.15) is 0 Å². The molecule has 2 rings (SSSR count). The van der Waals surface area contributed by atoms with Crippen LogP contribution in [0, 0.1) is 11.3 Å². The average Bonchev–Trinajstić information content (AvgIpc) is 2.45. The minimum Gasteiger partial charge on any atom is -0.466 e. The van der Waals surface area contributed by atoms with Crippen molar-refractivity contribution >= 4 is 5.97 Å². The second-order valence-corrected chi connectivity index (χ2v) is 6.39. The SMILES string of the molecule is C=C(C(=O)OC)[C@@H]1CC[C@@]2(C)CCCC(COC)=C2C1. The molecule has 2 aliphatic rings. The van der Waals surface area contributed by atoms with E-state index in [1.54, 1.807) is 7.11 Å². The number of carbonyl (C=O) groups excluding carboxylic acids is 1. The molecule has 0 aliphatic heterocycles. The molecule has 2 atom stereocenters. The van der Waals surface area contributed by atoms with Gasteiger partial charge in [-0.2, -0.15) is 0 Å². The van der Waals surface area contributed by atoms with Gasteiger partial charge >= 0.3 is 5.97 Å². The molecule has 3 nitrogen and oxygen atoms in total. The van der Waals surface area contributed by atoms with E-state index in [0.717, 1.165) is 32.3 Å². The van der Waals surface area contributed by atoms with Gasteiger partial charge in [-0.1, -0.05) is 19.1 Å². The lowest BCUT2D eigenvalue weighted by Gasteiger charge is -2.44. The number of esters is 1. The van der Waals surface area contributed by atoms with Gasteiger partial charge in [0.15, 0.2) is 0 Å². The summed E-state index contributed by atoms with van der Waals surface area (Å²) in [6.45, 7) is 7.05. The maximum atomic E-state index is 11.7. The van der Waals surface area contributed by atoms with Crippen molar-refractivity contribution in [1.29, 1.82) is 0 Å². The van der Waals surface area contributed by atoms with Crippen molar-refractivity contribution in [2.24, 2.45) is 11.3 Å². The topological polar surface area (TPSA) is 35.5 Å². The molecular formula is C17H26O3. The van der Waals surface area contributed by atoms with Crippen LogP contribution in [0.3, 0.4) is 0 Å². The van der Waals surface area contributed by atoms with Gasteiger partial charge in [-0.25, -0.2) is 4.79 Å². The molecule has 2 aliphatic carbocycles. The number of rotatable bonds is 4. The number of fused-ring (bicyclic) bond motifs is 1. The molecule has 1 fully saturated rings. The molecular weight excluding hydrogens is 252 g/mol. The van der Waals surface area contributed by atoms with E-state index < -0.39 is 0 Å². The van der Waals surface area contributed by atoms with Crippen LogP contribution in [-0.2, 0) is 14.3 Å². The fraction of sp³-hybridized carbons (Fsp3) is 0.706. The fourth-order valence-corrected chi connectivity index (χ4v) is 3.86. The van der Waals surface area contributed by atoms with E-state index in [9.17, 15) is 4.79 Å². The van der Waals surface area contributed by atoms with Crippen LogP contribution in [0.25, 0.3) is 0 Å². The molecule has 0 aromatic carbocycles. The molecule has 0 heterocycles. The largest absolute Gasteiger partial charge is 0.466 e. The van der Waals surface area contributed by atoms with E-state index in [1.165, 1.54) is 31.1 Å². The van der Waals surface area contributed by atoms with E-state index in [1.807, 2.05) is 0 Å². The molecule has 0 N–H and O–H groups in total. The van der Waals surface area contributed by atoms with Gasteiger partial charge in [-0.05, 0) is 55.4 Å². The second kappa shape index (κ2) is 6.13. The van der Waals surface area contributed by atoms with Crippen LogP contribution in [0.2, 0.25) is 0 Å². The molecule has 0 amide bonds. The fourth-order valence-electron chi connectivity index (χ4n) is 3.86. The summed E-state index contributed by atoms with van der Waals surface area (Å²) in [5, 5.41) is 0. The van der Waals surface area contributed by atoms with Crippen molar-refractivity contribution in [2.75, 3.05) is 20.8 Å². The number of allylic oxidation sites excluding steroid dienone is 1. The van der Waals surface area contributed by atoms with Gasteiger partial charge in [0.2, 0.25) is 0 Å². The summed E-state index contributed by atoms with van der Waals surface area (Å²) in [6, 6.07) is 0. The van der Waals surface area contributed by atoms with Crippen LogP contribution < -0.4 is 0 Å². The lowest BCUT2D eigenvalue weighted by atomic mass is 9.61. The number of methoxy groups -OCH3 is 2. The zero-order chi connectivity index (χ0) is 14.8. The van der Waals surface area contributed by atoms with Crippen LogP contribution in [0.15, 0.2) is 23.3 Å². The first-order chi connectivity index (χ1) is 9.51. The summed E-state index contributed by atoms with van der Waals surface area (Å²) in [6.07, 6.45) is 6.76. The highest BCUT2D eigenvalue weighted by Gasteiger charge is 2.40. The van der Waals surface area contributed by atoms with Crippen LogP contribution in [-0.4, -0.2) is 26.8 Å². The maximum Gasteiger partial charge on any atom is 0.333 e. The first-order valence-corrected chi connectivity index (χ1v) is 7.49. The van der Waals surface area contributed by atoms with E-state index in [-0.39, 0.29) is 11.9 Å². The zero-order valence-electron chi connectivity index (χ0n) is 13.0. The molecule has 3 heteroatoms.